The SMILES string of the molecule is Cc1ccc(S(=O)(=O)NC(=O)N2CCC[C@@H](C)C2)cc1. The molecule has 0 spiro atoms. The molecule has 0 aromatic heterocycles. The number of nitrogens with zero attached hydrogens (tertiary/aromatic N) is 1. The van der Waals surface area contributed by atoms with Crippen molar-refractivity contribution >= 4 is 16.1 Å². The van der Waals surface area contributed by atoms with Gasteiger partial charge in [0.2, 0.25) is 0 Å². The van der Waals surface area contributed by atoms with Gasteiger partial charge in [-0.05, 0) is 37.8 Å². The monoisotopic (exact) mass is 296 g/mol. The van der Waals surface area contributed by atoms with E-state index in [-0.39, 0.29) is 4.90 Å². The molecule has 110 valence electrons. The maximum Gasteiger partial charge on any atom is 0.331 e. The number of rotatable bonds is 2. The highest BCUT2D eigenvalue weighted by Crippen LogP contribution is 2.16. The van der Waals surface area contributed by atoms with Crippen molar-refractivity contribution < 1.29 is 13.2 Å². The van der Waals surface area contributed by atoms with E-state index in [0.717, 1.165) is 18.4 Å². The van der Waals surface area contributed by atoms with Crippen LogP contribution in [0.2, 0.25) is 0 Å². The zero-order valence-electron chi connectivity index (χ0n) is 11.8. The van der Waals surface area contributed by atoms with Crippen molar-refractivity contribution in [1.29, 1.82) is 0 Å². The van der Waals surface area contributed by atoms with E-state index in [2.05, 4.69) is 11.6 Å². The highest BCUT2D eigenvalue weighted by atomic mass is 32.2. The van der Waals surface area contributed by atoms with Crippen LogP contribution in [0.25, 0.3) is 0 Å². The number of sulfonamides is 1. The molecule has 1 aromatic rings. The van der Waals surface area contributed by atoms with Crippen molar-refractivity contribution in [3.05, 3.63) is 29.8 Å². The van der Waals surface area contributed by atoms with E-state index >= 15 is 0 Å². The van der Waals surface area contributed by atoms with Crippen molar-refractivity contribution in [1.82, 2.24) is 9.62 Å². The van der Waals surface area contributed by atoms with Crippen LogP contribution in [0.1, 0.15) is 25.3 Å². The molecule has 5 nitrogen and oxygen atoms in total. The molecule has 1 N–H and O–H groups in total. The van der Waals surface area contributed by atoms with Crippen molar-refractivity contribution in [2.75, 3.05) is 13.1 Å². The lowest BCUT2D eigenvalue weighted by Gasteiger charge is -2.30. The van der Waals surface area contributed by atoms with Crippen molar-refractivity contribution in [3.8, 4) is 0 Å². The van der Waals surface area contributed by atoms with E-state index in [1.165, 1.54) is 12.1 Å². The first-order valence-corrected chi connectivity index (χ1v) is 8.25. The van der Waals surface area contributed by atoms with Crippen LogP contribution in [-0.2, 0) is 10.0 Å². The van der Waals surface area contributed by atoms with Gasteiger partial charge < -0.3 is 4.90 Å². The first-order chi connectivity index (χ1) is 9.38. The van der Waals surface area contributed by atoms with Crippen LogP contribution in [0, 0.1) is 12.8 Å². The van der Waals surface area contributed by atoms with Gasteiger partial charge in [0.1, 0.15) is 0 Å². The average Bonchev–Trinajstić information content (AvgIpc) is 2.38. The Labute approximate surface area is 120 Å². The Morgan fingerprint density at radius 1 is 1.30 bits per heavy atom. The number of carbonyl (C=O) groups is 1. The molecule has 20 heavy (non-hydrogen) atoms. The number of likely N-dealkylation sites (tertiary alicyclic amines) is 1. The summed E-state index contributed by atoms with van der Waals surface area (Å²) in [6, 6.07) is 5.90. The van der Waals surface area contributed by atoms with Crippen molar-refractivity contribution in [2.24, 2.45) is 5.92 Å². The summed E-state index contributed by atoms with van der Waals surface area (Å²) in [4.78, 5) is 13.7. The normalized spacial score (nSPS) is 19.7. The molecule has 0 radical (unpaired) electrons. The average molecular weight is 296 g/mol. The van der Waals surface area contributed by atoms with Gasteiger partial charge in [0.15, 0.2) is 0 Å². The third-order valence-corrected chi connectivity index (χ3v) is 4.83. The summed E-state index contributed by atoms with van der Waals surface area (Å²) in [6.45, 7) is 5.16. The van der Waals surface area contributed by atoms with E-state index in [0.29, 0.717) is 19.0 Å². The van der Waals surface area contributed by atoms with Crippen LogP contribution in [-0.4, -0.2) is 32.4 Å². The molecule has 0 unspecified atom stereocenters. The van der Waals surface area contributed by atoms with E-state index in [9.17, 15) is 13.2 Å². The Morgan fingerprint density at radius 2 is 1.95 bits per heavy atom. The fourth-order valence-corrected chi connectivity index (χ4v) is 3.30. The Balaban J connectivity index is 2.08. The van der Waals surface area contributed by atoms with Crippen LogP contribution >= 0.6 is 0 Å². The summed E-state index contributed by atoms with van der Waals surface area (Å²) in [7, 11) is -3.78. The number of carbonyl (C=O) groups excluding carboxylic acids is 1. The summed E-state index contributed by atoms with van der Waals surface area (Å²) in [5.74, 6) is 0.413. The molecule has 1 aliphatic rings. The van der Waals surface area contributed by atoms with Gasteiger partial charge in [0.25, 0.3) is 10.0 Å². The van der Waals surface area contributed by atoms with E-state index in [1.807, 2.05) is 6.92 Å². The first-order valence-electron chi connectivity index (χ1n) is 6.77. The summed E-state index contributed by atoms with van der Waals surface area (Å²) in [5.41, 5.74) is 0.972. The van der Waals surface area contributed by atoms with Crippen LogP contribution in [0.15, 0.2) is 29.2 Å². The van der Waals surface area contributed by atoms with Crippen molar-refractivity contribution in [3.63, 3.8) is 0 Å². The van der Waals surface area contributed by atoms with Gasteiger partial charge in [0, 0.05) is 13.1 Å². The molecule has 2 rings (SSSR count). The molecule has 0 aliphatic carbocycles. The minimum Gasteiger partial charge on any atom is -0.324 e. The third-order valence-electron chi connectivity index (χ3n) is 3.50. The quantitative estimate of drug-likeness (QED) is 0.909. The van der Waals surface area contributed by atoms with Gasteiger partial charge in [-0.15, -0.1) is 0 Å². The summed E-state index contributed by atoms with van der Waals surface area (Å²) < 4.78 is 26.4. The third kappa shape index (κ3) is 3.50. The van der Waals surface area contributed by atoms with Crippen LogP contribution in [0.5, 0.6) is 0 Å². The fraction of sp³-hybridized carbons (Fsp3) is 0.500. The second kappa shape index (κ2) is 5.83. The van der Waals surface area contributed by atoms with E-state index in [4.69, 9.17) is 0 Å². The maximum absolute atomic E-state index is 12.1. The number of urea groups is 1. The number of piperidine rings is 1. The fourth-order valence-electron chi connectivity index (χ4n) is 2.33. The number of aryl methyl sites for hydroxylation is 1. The van der Waals surface area contributed by atoms with Crippen LogP contribution < -0.4 is 4.72 Å². The molecule has 1 aliphatic heterocycles. The molecule has 6 heteroatoms. The minimum absolute atomic E-state index is 0.113. The van der Waals surface area contributed by atoms with Gasteiger partial charge in [-0.1, -0.05) is 24.6 Å². The predicted molar refractivity (Wildman–Crippen MR) is 76.9 cm³/mol. The second-order valence-corrected chi connectivity index (χ2v) is 7.10. The lowest BCUT2D eigenvalue weighted by atomic mass is 10.0. The molecule has 0 bridgehead atoms. The molecule has 1 heterocycles. The standard InChI is InChI=1S/C14H20N2O3S/c1-11-5-7-13(8-6-11)20(18,19)15-14(17)16-9-3-4-12(2)10-16/h5-8,12H,3-4,9-10H2,1-2H3,(H,15,17)/t12-/m1/s1. The van der Waals surface area contributed by atoms with E-state index in [1.54, 1.807) is 17.0 Å². The van der Waals surface area contributed by atoms with Gasteiger partial charge >= 0.3 is 6.03 Å². The van der Waals surface area contributed by atoms with Crippen LogP contribution in [0.3, 0.4) is 0 Å². The molecule has 0 saturated carbocycles. The number of benzene rings is 1. The highest BCUT2D eigenvalue weighted by Gasteiger charge is 2.25. The highest BCUT2D eigenvalue weighted by molar-refractivity contribution is 7.90. The lowest BCUT2D eigenvalue weighted by Crippen LogP contribution is -2.46. The van der Waals surface area contributed by atoms with Gasteiger partial charge in [-0.25, -0.2) is 17.9 Å². The summed E-state index contributed by atoms with van der Waals surface area (Å²) in [5, 5.41) is 0. The Morgan fingerprint density at radius 3 is 2.55 bits per heavy atom. The number of hydrogen-bond acceptors (Lipinski definition) is 3. The first kappa shape index (κ1) is 14.8. The smallest absolute Gasteiger partial charge is 0.324 e. The topological polar surface area (TPSA) is 66.5 Å². The van der Waals surface area contributed by atoms with Crippen LogP contribution in [0.4, 0.5) is 4.79 Å². The zero-order chi connectivity index (χ0) is 14.8. The number of amides is 2. The second-order valence-electron chi connectivity index (χ2n) is 5.42. The number of nitrogens with one attached hydrogen (secondary N) is 1. The largest absolute Gasteiger partial charge is 0.331 e. The molecule has 1 aromatic carbocycles. The molecule has 2 amide bonds. The van der Waals surface area contributed by atoms with Gasteiger partial charge in [0.05, 0.1) is 4.90 Å². The summed E-state index contributed by atoms with van der Waals surface area (Å²) >= 11 is 0. The Bertz CT molecular complexity index is 581. The molecule has 1 fully saturated rings. The summed E-state index contributed by atoms with van der Waals surface area (Å²) in [6.07, 6.45) is 1.99. The zero-order valence-corrected chi connectivity index (χ0v) is 12.6. The maximum atomic E-state index is 12.1. The minimum atomic E-state index is -3.78. The van der Waals surface area contributed by atoms with Gasteiger partial charge in [-0.3, -0.25) is 0 Å². The predicted octanol–water partition coefficient (Wildman–Crippen LogP) is 2.13. The molecule has 1 atom stereocenters. The number of hydrogen-bond donors (Lipinski definition) is 1. The van der Waals surface area contributed by atoms with Gasteiger partial charge in [-0.2, -0.15) is 0 Å². The molecule has 1 saturated heterocycles. The van der Waals surface area contributed by atoms with Crippen molar-refractivity contribution in [2.45, 2.75) is 31.6 Å². The molecular formula is C14H20N2O3S. The van der Waals surface area contributed by atoms with E-state index < -0.39 is 16.1 Å². The molecular weight excluding hydrogens is 276 g/mol. The Hall–Kier alpha value is -1.56. The Kier molecular flexibility index (Phi) is 4.32. The lowest BCUT2D eigenvalue weighted by molar-refractivity contribution is 0.175.